The quantitative estimate of drug-likeness (QED) is 0.881. The minimum atomic E-state index is 0.356. The third-order valence-electron chi connectivity index (χ3n) is 3.86. The molecule has 1 aliphatic rings. The maximum absolute atomic E-state index is 5.79. The van der Waals surface area contributed by atoms with Gasteiger partial charge in [0, 0.05) is 6.04 Å². The second-order valence-corrected chi connectivity index (χ2v) is 6.72. The summed E-state index contributed by atoms with van der Waals surface area (Å²) in [5.74, 6) is 2.81. The van der Waals surface area contributed by atoms with Gasteiger partial charge < -0.3 is 11.1 Å². The Morgan fingerprint density at radius 3 is 2.68 bits per heavy atom. The van der Waals surface area contributed by atoms with Crippen LogP contribution in [0, 0.1) is 11.8 Å². The standard InChI is InChI=1S/C14H20N4S/c1-8-5-9(2)7-10(6-8)16-12-11-3-4-19-13(11)18-14(15)17-12/h3-4,8-10H,5-7H2,1-2H3,(H3,15,16,17,18). The number of nitrogen functional groups attached to an aromatic ring is 1. The zero-order valence-electron chi connectivity index (χ0n) is 11.4. The molecular formula is C14H20N4S. The molecule has 0 aliphatic heterocycles. The van der Waals surface area contributed by atoms with Crippen molar-refractivity contribution in [2.24, 2.45) is 11.8 Å². The first-order chi connectivity index (χ1) is 9.11. The molecule has 0 radical (unpaired) electrons. The van der Waals surface area contributed by atoms with Crippen LogP contribution in [0.3, 0.4) is 0 Å². The highest BCUT2D eigenvalue weighted by molar-refractivity contribution is 7.16. The molecule has 0 amide bonds. The largest absolute Gasteiger partial charge is 0.368 e. The number of hydrogen-bond acceptors (Lipinski definition) is 5. The van der Waals surface area contributed by atoms with Crippen LogP contribution < -0.4 is 11.1 Å². The Balaban J connectivity index is 1.86. The molecule has 0 bridgehead atoms. The first kappa shape index (κ1) is 12.7. The van der Waals surface area contributed by atoms with Gasteiger partial charge in [0.1, 0.15) is 10.6 Å². The lowest BCUT2D eigenvalue weighted by Gasteiger charge is -2.32. The zero-order valence-corrected chi connectivity index (χ0v) is 12.2. The van der Waals surface area contributed by atoms with Crippen LogP contribution in [0.1, 0.15) is 33.1 Å². The predicted octanol–water partition coefficient (Wildman–Crippen LogP) is 3.51. The highest BCUT2D eigenvalue weighted by Crippen LogP contribution is 2.32. The van der Waals surface area contributed by atoms with E-state index in [2.05, 4.69) is 35.2 Å². The van der Waals surface area contributed by atoms with Gasteiger partial charge in [0.25, 0.3) is 0 Å². The molecule has 2 heterocycles. The van der Waals surface area contributed by atoms with E-state index >= 15 is 0 Å². The van der Waals surface area contributed by atoms with Crippen molar-refractivity contribution < 1.29 is 0 Å². The summed E-state index contributed by atoms with van der Waals surface area (Å²) in [4.78, 5) is 9.61. The van der Waals surface area contributed by atoms with Gasteiger partial charge in [0.05, 0.1) is 5.39 Å². The summed E-state index contributed by atoms with van der Waals surface area (Å²) in [5, 5.41) is 6.71. The number of nitrogens with one attached hydrogen (secondary N) is 1. The third kappa shape index (κ3) is 2.66. The Kier molecular flexibility index (Phi) is 3.31. The lowest BCUT2D eigenvalue weighted by Crippen LogP contribution is -2.30. The molecule has 5 heteroatoms. The molecule has 19 heavy (non-hydrogen) atoms. The van der Waals surface area contributed by atoms with Crippen LogP contribution in [0.2, 0.25) is 0 Å². The molecule has 2 atom stereocenters. The number of rotatable bonds is 2. The van der Waals surface area contributed by atoms with Gasteiger partial charge in [-0.2, -0.15) is 4.98 Å². The van der Waals surface area contributed by atoms with Gasteiger partial charge in [-0.05, 0) is 42.5 Å². The van der Waals surface area contributed by atoms with Crippen LogP contribution in [-0.4, -0.2) is 16.0 Å². The van der Waals surface area contributed by atoms with E-state index in [9.17, 15) is 0 Å². The number of fused-ring (bicyclic) bond motifs is 1. The van der Waals surface area contributed by atoms with Gasteiger partial charge >= 0.3 is 0 Å². The molecule has 0 aromatic carbocycles. The van der Waals surface area contributed by atoms with Gasteiger partial charge in [-0.15, -0.1) is 11.3 Å². The fourth-order valence-electron chi connectivity index (χ4n) is 3.24. The fourth-order valence-corrected chi connectivity index (χ4v) is 4.01. The van der Waals surface area contributed by atoms with Crippen LogP contribution in [0.4, 0.5) is 11.8 Å². The third-order valence-corrected chi connectivity index (χ3v) is 4.67. The van der Waals surface area contributed by atoms with E-state index in [0.29, 0.717) is 12.0 Å². The summed E-state index contributed by atoms with van der Waals surface area (Å²) in [6, 6.07) is 2.56. The lowest BCUT2D eigenvalue weighted by molar-refractivity contribution is 0.280. The van der Waals surface area contributed by atoms with Crippen molar-refractivity contribution >= 4 is 33.3 Å². The Labute approximate surface area is 117 Å². The van der Waals surface area contributed by atoms with Crippen molar-refractivity contribution in [1.82, 2.24) is 9.97 Å². The first-order valence-corrected chi connectivity index (χ1v) is 7.77. The molecule has 0 spiro atoms. The number of hydrogen-bond donors (Lipinski definition) is 2. The molecule has 3 rings (SSSR count). The molecule has 1 aliphatic carbocycles. The topological polar surface area (TPSA) is 63.8 Å². The molecule has 2 unspecified atom stereocenters. The van der Waals surface area contributed by atoms with Crippen LogP contribution in [-0.2, 0) is 0 Å². The maximum Gasteiger partial charge on any atom is 0.223 e. The van der Waals surface area contributed by atoms with E-state index in [-0.39, 0.29) is 0 Å². The minimum absolute atomic E-state index is 0.356. The van der Waals surface area contributed by atoms with Crippen molar-refractivity contribution in [2.45, 2.75) is 39.2 Å². The van der Waals surface area contributed by atoms with Crippen molar-refractivity contribution in [3.63, 3.8) is 0 Å². The number of nitrogens with zero attached hydrogens (tertiary/aromatic N) is 2. The van der Waals surface area contributed by atoms with Crippen molar-refractivity contribution in [3.05, 3.63) is 11.4 Å². The number of anilines is 2. The van der Waals surface area contributed by atoms with Crippen LogP contribution in [0.15, 0.2) is 11.4 Å². The Morgan fingerprint density at radius 1 is 1.21 bits per heavy atom. The molecule has 1 fully saturated rings. The summed E-state index contributed by atoms with van der Waals surface area (Å²) >= 11 is 1.61. The van der Waals surface area contributed by atoms with Gasteiger partial charge in [0.15, 0.2) is 0 Å². The smallest absolute Gasteiger partial charge is 0.223 e. The van der Waals surface area contributed by atoms with E-state index in [4.69, 9.17) is 5.73 Å². The molecule has 4 nitrogen and oxygen atoms in total. The average molecular weight is 276 g/mol. The number of thiophene rings is 1. The summed E-state index contributed by atoms with van der Waals surface area (Å²) in [7, 11) is 0. The maximum atomic E-state index is 5.79. The summed E-state index contributed by atoms with van der Waals surface area (Å²) in [6.07, 6.45) is 3.75. The molecule has 1 saturated carbocycles. The normalized spacial score (nSPS) is 27.6. The minimum Gasteiger partial charge on any atom is -0.368 e. The van der Waals surface area contributed by atoms with Crippen LogP contribution in [0.25, 0.3) is 10.2 Å². The Hall–Kier alpha value is -1.36. The second kappa shape index (κ2) is 4.96. The van der Waals surface area contributed by atoms with E-state index in [1.165, 1.54) is 19.3 Å². The first-order valence-electron chi connectivity index (χ1n) is 6.89. The highest BCUT2D eigenvalue weighted by atomic mass is 32.1. The fraction of sp³-hybridized carbons (Fsp3) is 0.571. The molecule has 102 valence electrons. The second-order valence-electron chi connectivity index (χ2n) is 5.83. The lowest BCUT2D eigenvalue weighted by atomic mass is 9.80. The van der Waals surface area contributed by atoms with E-state index < -0.39 is 0 Å². The van der Waals surface area contributed by atoms with Crippen LogP contribution in [0.5, 0.6) is 0 Å². The van der Waals surface area contributed by atoms with Gasteiger partial charge in [0.2, 0.25) is 5.95 Å². The zero-order chi connectivity index (χ0) is 13.4. The summed E-state index contributed by atoms with van der Waals surface area (Å²) in [5.41, 5.74) is 5.79. The highest BCUT2D eigenvalue weighted by Gasteiger charge is 2.24. The molecule has 3 N–H and O–H groups in total. The molecular weight excluding hydrogens is 256 g/mol. The van der Waals surface area contributed by atoms with Crippen LogP contribution >= 0.6 is 11.3 Å². The van der Waals surface area contributed by atoms with Crippen molar-refractivity contribution in [1.29, 1.82) is 0 Å². The molecule has 2 aromatic heterocycles. The Morgan fingerprint density at radius 2 is 1.95 bits per heavy atom. The SMILES string of the molecule is CC1CC(C)CC(Nc2nc(N)nc3sccc23)C1. The van der Waals surface area contributed by atoms with Gasteiger partial charge in [-0.3, -0.25) is 0 Å². The van der Waals surface area contributed by atoms with E-state index in [0.717, 1.165) is 27.9 Å². The van der Waals surface area contributed by atoms with Crippen molar-refractivity contribution in [3.8, 4) is 0 Å². The summed E-state index contributed by atoms with van der Waals surface area (Å²) in [6.45, 7) is 4.66. The number of nitrogens with two attached hydrogens (primary N) is 1. The van der Waals surface area contributed by atoms with Gasteiger partial charge in [-0.1, -0.05) is 13.8 Å². The predicted molar refractivity (Wildman–Crippen MR) is 81.4 cm³/mol. The molecule has 2 aromatic rings. The Bertz CT molecular complexity index is 570. The average Bonchev–Trinajstić information content (AvgIpc) is 2.75. The van der Waals surface area contributed by atoms with Gasteiger partial charge in [-0.25, -0.2) is 4.98 Å². The van der Waals surface area contributed by atoms with E-state index in [1.54, 1.807) is 11.3 Å². The molecule has 0 saturated heterocycles. The number of aromatic nitrogens is 2. The monoisotopic (exact) mass is 276 g/mol. The van der Waals surface area contributed by atoms with E-state index in [1.807, 2.05) is 5.38 Å². The summed E-state index contributed by atoms with van der Waals surface area (Å²) < 4.78 is 0. The van der Waals surface area contributed by atoms with Crippen molar-refractivity contribution in [2.75, 3.05) is 11.1 Å².